The highest BCUT2D eigenvalue weighted by Crippen LogP contribution is 2.32. The fraction of sp³-hybridized carbons (Fsp3) is 0.640. The number of ether oxygens (including phenoxy) is 1. The topological polar surface area (TPSA) is 29.5 Å². The van der Waals surface area contributed by atoms with Crippen LogP contribution in [0.4, 0.5) is 4.79 Å². The molecule has 1 saturated heterocycles. The second-order valence-corrected chi connectivity index (χ2v) is 9.68. The number of amides is 1. The maximum absolute atomic E-state index is 12.6. The van der Waals surface area contributed by atoms with Gasteiger partial charge in [-0.1, -0.05) is 92.9 Å². The first kappa shape index (κ1) is 27.7. The van der Waals surface area contributed by atoms with Gasteiger partial charge >= 0.3 is 6.09 Å². The number of carbonyl (C=O) groups is 1. The molecule has 0 spiro atoms. The molecule has 0 bridgehead atoms. The van der Waals surface area contributed by atoms with Gasteiger partial charge in [0, 0.05) is 11.0 Å². The molecule has 0 N–H and O–H groups in total. The van der Waals surface area contributed by atoms with E-state index in [1.54, 1.807) is 0 Å². The molecular weight excluding hydrogens is 426 g/mol. The Morgan fingerprint density at radius 2 is 1.90 bits per heavy atom. The van der Waals surface area contributed by atoms with Crippen molar-refractivity contribution in [3.8, 4) is 0 Å². The van der Waals surface area contributed by atoms with Crippen LogP contribution in [0.1, 0.15) is 80.6 Å². The first-order valence-corrected chi connectivity index (χ1v) is 11.6. The molecular formula is C25H42BrNO2. The minimum atomic E-state index is -0.486. The molecule has 1 rings (SSSR count). The average molecular weight is 469 g/mol. The molecule has 166 valence electrons. The Morgan fingerprint density at radius 1 is 1.31 bits per heavy atom. The first-order chi connectivity index (χ1) is 13.5. The monoisotopic (exact) mass is 467 g/mol. The Morgan fingerprint density at radius 3 is 2.34 bits per heavy atom. The number of likely N-dealkylation sites (tertiary alicyclic amines) is 1. The van der Waals surface area contributed by atoms with E-state index in [0.29, 0.717) is 12.5 Å². The zero-order valence-corrected chi connectivity index (χ0v) is 21.3. The highest BCUT2D eigenvalue weighted by molar-refractivity contribution is 9.11. The molecule has 1 aliphatic rings. The zero-order chi connectivity index (χ0) is 22.6. The lowest BCUT2D eigenvalue weighted by molar-refractivity contribution is 0.0237. The summed E-state index contributed by atoms with van der Waals surface area (Å²) in [5.74, 6) is 0.446. The summed E-state index contributed by atoms with van der Waals surface area (Å²) in [5, 5.41) is 0. The van der Waals surface area contributed by atoms with Crippen LogP contribution in [-0.2, 0) is 4.74 Å². The van der Waals surface area contributed by atoms with E-state index in [2.05, 4.69) is 62.9 Å². The van der Waals surface area contributed by atoms with Crippen molar-refractivity contribution in [1.82, 2.24) is 4.90 Å². The lowest BCUT2D eigenvalue weighted by atomic mass is 9.90. The van der Waals surface area contributed by atoms with Crippen LogP contribution < -0.4 is 0 Å². The Kier molecular flexibility index (Phi) is 13.2. The van der Waals surface area contributed by atoms with Crippen LogP contribution >= 0.6 is 15.9 Å². The molecule has 0 radical (unpaired) electrons. The number of rotatable bonds is 7. The first-order valence-electron chi connectivity index (χ1n) is 10.9. The van der Waals surface area contributed by atoms with Gasteiger partial charge < -0.3 is 9.64 Å². The number of hydrogen-bond acceptors (Lipinski definition) is 2. The van der Waals surface area contributed by atoms with E-state index in [1.807, 2.05) is 37.8 Å². The van der Waals surface area contributed by atoms with E-state index in [4.69, 9.17) is 4.74 Å². The van der Waals surface area contributed by atoms with Crippen LogP contribution in [0.5, 0.6) is 0 Å². The number of hydrogen-bond donors (Lipinski definition) is 0. The maximum atomic E-state index is 12.6. The van der Waals surface area contributed by atoms with Gasteiger partial charge in [-0.3, -0.25) is 0 Å². The van der Waals surface area contributed by atoms with E-state index >= 15 is 0 Å². The minimum absolute atomic E-state index is 0.00988. The molecule has 4 heteroatoms. The smallest absolute Gasteiger partial charge is 0.410 e. The second kappa shape index (κ2) is 13.8. The molecule has 0 aromatic heterocycles. The Bertz CT molecular complexity index is 596. The van der Waals surface area contributed by atoms with Crippen LogP contribution in [0.25, 0.3) is 0 Å². The number of nitrogens with zero attached hydrogens (tertiary/aromatic N) is 1. The fourth-order valence-electron chi connectivity index (χ4n) is 2.80. The van der Waals surface area contributed by atoms with Crippen LogP contribution in [0.2, 0.25) is 0 Å². The number of halogens is 1. The van der Waals surface area contributed by atoms with Crippen molar-refractivity contribution in [3.63, 3.8) is 0 Å². The van der Waals surface area contributed by atoms with Crippen LogP contribution in [0.15, 0.2) is 47.0 Å². The van der Waals surface area contributed by atoms with Crippen molar-refractivity contribution in [2.24, 2.45) is 5.92 Å². The van der Waals surface area contributed by atoms with Gasteiger partial charge in [-0.25, -0.2) is 4.79 Å². The van der Waals surface area contributed by atoms with E-state index < -0.39 is 5.60 Å². The highest BCUT2D eigenvalue weighted by atomic mass is 79.9. The fourth-order valence-corrected chi connectivity index (χ4v) is 2.95. The van der Waals surface area contributed by atoms with Crippen molar-refractivity contribution in [2.75, 3.05) is 6.54 Å². The van der Waals surface area contributed by atoms with Crippen molar-refractivity contribution < 1.29 is 9.53 Å². The third-order valence-electron chi connectivity index (χ3n) is 4.91. The molecule has 2 atom stereocenters. The zero-order valence-electron chi connectivity index (χ0n) is 19.7. The van der Waals surface area contributed by atoms with E-state index in [-0.39, 0.29) is 12.1 Å². The summed E-state index contributed by atoms with van der Waals surface area (Å²) in [5.41, 5.74) is 1.93. The summed E-state index contributed by atoms with van der Waals surface area (Å²) in [4.78, 5) is 14.4. The molecule has 29 heavy (non-hydrogen) atoms. The van der Waals surface area contributed by atoms with E-state index in [0.717, 1.165) is 29.3 Å². The van der Waals surface area contributed by atoms with Crippen LogP contribution in [0.3, 0.4) is 0 Å². The lowest BCUT2D eigenvalue weighted by Crippen LogP contribution is -2.40. The molecule has 0 aromatic carbocycles. The molecule has 1 amide bonds. The molecule has 0 saturated carbocycles. The quantitative estimate of drug-likeness (QED) is 0.278. The van der Waals surface area contributed by atoms with Gasteiger partial charge in [0.25, 0.3) is 0 Å². The minimum Gasteiger partial charge on any atom is -0.444 e. The summed E-state index contributed by atoms with van der Waals surface area (Å²) < 4.78 is 6.42. The molecule has 1 heterocycles. The highest BCUT2D eigenvalue weighted by Gasteiger charge is 2.35. The Balaban J connectivity index is 0.00000178. The summed E-state index contributed by atoms with van der Waals surface area (Å²) in [6.45, 7) is 23.1. The predicted molar refractivity (Wildman–Crippen MR) is 130 cm³/mol. The molecule has 0 aromatic rings. The van der Waals surface area contributed by atoms with E-state index in [1.165, 1.54) is 18.4 Å². The molecule has 3 nitrogen and oxygen atoms in total. The van der Waals surface area contributed by atoms with Crippen LogP contribution in [-0.4, -0.2) is 29.2 Å². The second-order valence-electron chi connectivity index (χ2n) is 8.66. The predicted octanol–water partition coefficient (Wildman–Crippen LogP) is 8.19. The standard InChI is InChI=1S/C21H32BrNO2.C4H10/c1-8-15(2)18(11-9-10-17(4)22)14-19-16(3)12-13-23(19)20(24)25-21(5,6)7;1-3-4-2/h9-11,15,19H,3-4,8,12-14H2,1-2,5-7H3;3-4H2,1-2H3/b10-9-,18-11-;. The normalized spacial score (nSPS) is 18.5. The van der Waals surface area contributed by atoms with Crippen molar-refractivity contribution >= 4 is 22.0 Å². The van der Waals surface area contributed by atoms with Gasteiger partial charge in [0.1, 0.15) is 5.60 Å². The number of unbranched alkanes of at least 4 members (excludes halogenated alkanes) is 1. The molecule has 2 unspecified atom stereocenters. The summed E-state index contributed by atoms with van der Waals surface area (Å²) in [7, 11) is 0. The summed E-state index contributed by atoms with van der Waals surface area (Å²) in [6, 6.07) is 0.00988. The third-order valence-corrected chi connectivity index (χ3v) is 5.18. The van der Waals surface area contributed by atoms with Crippen molar-refractivity contribution in [2.45, 2.75) is 92.2 Å². The SMILES string of the molecule is C=C(Br)/C=C\C=C(\CC1C(=C)CCN1C(=O)OC(C)(C)C)C(C)CC.CCCC. The molecule has 1 aliphatic heterocycles. The third kappa shape index (κ3) is 11.5. The van der Waals surface area contributed by atoms with Gasteiger partial charge in [-0.2, -0.15) is 0 Å². The van der Waals surface area contributed by atoms with Gasteiger partial charge in [0.2, 0.25) is 0 Å². The van der Waals surface area contributed by atoms with E-state index in [9.17, 15) is 4.79 Å². The number of carbonyl (C=O) groups excluding carboxylic acids is 1. The largest absolute Gasteiger partial charge is 0.444 e. The lowest BCUT2D eigenvalue weighted by Gasteiger charge is -2.30. The van der Waals surface area contributed by atoms with Gasteiger partial charge in [0.05, 0.1) is 6.04 Å². The van der Waals surface area contributed by atoms with Crippen molar-refractivity contribution in [1.29, 1.82) is 0 Å². The average Bonchev–Trinajstić information content (AvgIpc) is 2.99. The van der Waals surface area contributed by atoms with Crippen molar-refractivity contribution in [3.05, 3.63) is 47.0 Å². The van der Waals surface area contributed by atoms with Gasteiger partial charge in [-0.15, -0.1) is 0 Å². The summed E-state index contributed by atoms with van der Waals surface area (Å²) >= 11 is 3.34. The summed E-state index contributed by atoms with van der Waals surface area (Å²) in [6.07, 6.45) is 11.2. The molecule has 0 aliphatic carbocycles. The Labute approximate surface area is 188 Å². The maximum Gasteiger partial charge on any atom is 0.410 e. The Hall–Kier alpha value is -1.29. The van der Waals surface area contributed by atoms with Gasteiger partial charge in [0.15, 0.2) is 0 Å². The number of allylic oxidation sites excluding steroid dienone is 4. The van der Waals surface area contributed by atoms with Gasteiger partial charge in [-0.05, 0) is 52.0 Å². The molecule has 1 fully saturated rings. The van der Waals surface area contributed by atoms with Crippen LogP contribution in [0, 0.1) is 5.92 Å².